The highest BCUT2D eigenvalue weighted by molar-refractivity contribution is 5.71. The van der Waals surface area contributed by atoms with E-state index in [-0.39, 0.29) is 13.0 Å². The molecule has 0 fully saturated rings. The van der Waals surface area contributed by atoms with Crippen molar-refractivity contribution in [2.45, 2.75) is 26.0 Å². The number of ether oxygens (including phenoxy) is 1. The van der Waals surface area contributed by atoms with Crippen molar-refractivity contribution in [3.63, 3.8) is 0 Å². The number of carboxylic acid groups (broad SMARTS) is 1. The van der Waals surface area contributed by atoms with E-state index in [0.29, 0.717) is 30.9 Å². The predicted octanol–water partition coefficient (Wildman–Crippen LogP) is 3.55. The van der Waals surface area contributed by atoms with E-state index < -0.39 is 5.97 Å². The third-order valence-corrected chi connectivity index (χ3v) is 4.66. The van der Waals surface area contributed by atoms with Crippen LogP contribution in [-0.4, -0.2) is 22.8 Å². The molecule has 0 aliphatic rings. The van der Waals surface area contributed by atoms with Gasteiger partial charge in [0.25, 0.3) is 0 Å². The molecule has 0 bridgehead atoms. The highest BCUT2D eigenvalue weighted by Crippen LogP contribution is 2.26. The number of benzene rings is 3. The van der Waals surface area contributed by atoms with Crippen LogP contribution in [0.15, 0.2) is 66.7 Å². The largest absolute Gasteiger partial charge is 0.489 e. The molecule has 3 aromatic rings. The van der Waals surface area contributed by atoms with Crippen LogP contribution in [0.5, 0.6) is 5.75 Å². The maximum Gasteiger partial charge on any atom is 0.307 e. The number of aliphatic hydroxyl groups excluding tert-OH is 1. The normalized spacial score (nSPS) is 10.7. The Hall–Kier alpha value is -3.15. The van der Waals surface area contributed by atoms with E-state index in [9.17, 15) is 9.90 Å². The molecule has 0 saturated carbocycles. The molecule has 5 heteroatoms. The molecule has 4 N–H and O–H groups in total. The van der Waals surface area contributed by atoms with Crippen LogP contribution in [0.3, 0.4) is 0 Å². The zero-order valence-electron chi connectivity index (χ0n) is 16.2. The van der Waals surface area contributed by atoms with Crippen LogP contribution < -0.4 is 10.5 Å². The number of hydrogen-bond donors (Lipinski definition) is 3. The first-order valence-corrected chi connectivity index (χ1v) is 9.54. The quantitative estimate of drug-likeness (QED) is 0.519. The van der Waals surface area contributed by atoms with Crippen LogP contribution in [0, 0.1) is 0 Å². The van der Waals surface area contributed by atoms with Crippen molar-refractivity contribution in [3.8, 4) is 16.9 Å². The number of para-hydroxylation sites is 1. The summed E-state index contributed by atoms with van der Waals surface area (Å²) in [6.07, 6.45) is 0.463. The molecule has 3 rings (SSSR count). The fourth-order valence-corrected chi connectivity index (χ4v) is 3.28. The van der Waals surface area contributed by atoms with Crippen LogP contribution in [0.25, 0.3) is 11.1 Å². The summed E-state index contributed by atoms with van der Waals surface area (Å²) in [7, 11) is 0. The third kappa shape index (κ3) is 5.67. The van der Waals surface area contributed by atoms with Crippen molar-refractivity contribution in [1.82, 2.24) is 0 Å². The minimum absolute atomic E-state index is 0.0635. The fourth-order valence-electron chi connectivity index (χ4n) is 3.28. The summed E-state index contributed by atoms with van der Waals surface area (Å²) in [5.74, 6) is -0.331. The summed E-state index contributed by atoms with van der Waals surface area (Å²) >= 11 is 0. The molecule has 0 unspecified atom stereocenters. The van der Waals surface area contributed by atoms with E-state index in [1.807, 2.05) is 30.3 Å². The van der Waals surface area contributed by atoms with Gasteiger partial charge in [-0.15, -0.1) is 0 Å². The van der Waals surface area contributed by atoms with Gasteiger partial charge in [-0.25, -0.2) is 0 Å². The summed E-state index contributed by atoms with van der Waals surface area (Å²) < 4.78 is 5.95. The number of nitrogens with two attached hydrogens (primary N) is 1. The molecule has 0 heterocycles. The Labute approximate surface area is 170 Å². The average Bonchev–Trinajstić information content (AvgIpc) is 2.73. The summed E-state index contributed by atoms with van der Waals surface area (Å²) in [5, 5.41) is 18.5. The van der Waals surface area contributed by atoms with Crippen LogP contribution >= 0.6 is 0 Å². The van der Waals surface area contributed by atoms with Crippen LogP contribution in [0.2, 0.25) is 0 Å². The fraction of sp³-hybridized carbons (Fsp3) is 0.208. The van der Waals surface area contributed by atoms with Gasteiger partial charge in [-0.2, -0.15) is 0 Å². The second kappa shape index (κ2) is 9.87. The van der Waals surface area contributed by atoms with E-state index >= 15 is 0 Å². The van der Waals surface area contributed by atoms with Crippen molar-refractivity contribution in [2.75, 3.05) is 6.61 Å². The van der Waals surface area contributed by atoms with Gasteiger partial charge in [-0.3, -0.25) is 4.79 Å². The third-order valence-electron chi connectivity index (χ3n) is 4.66. The van der Waals surface area contributed by atoms with Gasteiger partial charge in [0.05, 0.1) is 6.42 Å². The second-order valence-corrected chi connectivity index (χ2v) is 6.88. The van der Waals surface area contributed by atoms with E-state index in [0.717, 1.165) is 27.8 Å². The van der Waals surface area contributed by atoms with Gasteiger partial charge in [0.1, 0.15) is 12.4 Å². The molecule has 3 aromatic carbocycles. The van der Waals surface area contributed by atoms with Crippen LogP contribution in [-0.2, 0) is 30.8 Å². The lowest BCUT2D eigenvalue weighted by Gasteiger charge is -2.13. The summed E-state index contributed by atoms with van der Waals surface area (Å²) in [6.45, 7) is 0.841. The van der Waals surface area contributed by atoms with Gasteiger partial charge < -0.3 is 20.7 Å². The Balaban J connectivity index is 1.87. The number of rotatable bonds is 9. The molecule has 29 heavy (non-hydrogen) atoms. The van der Waals surface area contributed by atoms with Crippen molar-refractivity contribution < 1.29 is 19.7 Å². The van der Waals surface area contributed by atoms with Crippen LogP contribution in [0.1, 0.15) is 22.3 Å². The second-order valence-electron chi connectivity index (χ2n) is 6.88. The van der Waals surface area contributed by atoms with Crippen molar-refractivity contribution >= 4 is 5.97 Å². The Bertz CT molecular complexity index is 984. The Kier molecular flexibility index (Phi) is 7.00. The maximum absolute atomic E-state index is 11.1. The standard InChI is InChI=1S/C24H25NO4/c25-15-18-4-3-6-20(12-18)22-11-17(8-9-26)10-19(13-22)16-29-23-7-2-1-5-21(23)14-24(27)28/h1-7,10-13,26H,8-9,14-16,25H2,(H,27,28). The zero-order chi connectivity index (χ0) is 20.6. The minimum atomic E-state index is -0.895. The summed E-state index contributed by atoms with van der Waals surface area (Å²) in [6, 6.07) is 21.4. The van der Waals surface area contributed by atoms with Crippen LogP contribution in [0.4, 0.5) is 0 Å². The predicted molar refractivity (Wildman–Crippen MR) is 113 cm³/mol. The summed E-state index contributed by atoms with van der Waals surface area (Å²) in [4.78, 5) is 11.1. The average molecular weight is 391 g/mol. The topological polar surface area (TPSA) is 92.8 Å². The Morgan fingerprint density at radius 2 is 1.66 bits per heavy atom. The first-order chi connectivity index (χ1) is 14.1. The number of aliphatic hydroxyl groups is 1. The molecule has 0 aliphatic carbocycles. The van der Waals surface area contributed by atoms with Crippen molar-refractivity contribution in [3.05, 3.63) is 89.0 Å². The molecule has 0 radical (unpaired) electrons. The minimum Gasteiger partial charge on any atom is -0.489 e. The van der Waals surface area contributed by atoms with Crippen molar-refractivity contribution in [2.24, 2.45) is 5.73 Å². The van der Waals surface area contributed by atoms with Gasteiger partial charge in [0.15, 0.2) is 0 Å². The van der Waals surface area contributed by atoms with E-state index in [1.165, 1.54) is 0 Å². The molecule has 0 atom stereocenters. The molecule has 5 nitrogen and oxygen atoms in total. The molecule has 0 saturated heterocycles. The SMILES string of the molecule is NCc1cccc(-c2cc(CCO)cc(COc3ccccc3CC(=O)O)c2)c1. The van der Waals surface area contributed by atoms with Gasteiger partial charge in [0, 0.05) is 18.7 Å². The first kappa shape index (κ1) is 20.6. The van der Waals surface area contributed by atoms with Gasteiger partial charge in [0.2, 0.25) is 0 Å². The number of aliphatic carboxylic acids is 1. The van der Waals surface area contributed by atoms with E-state index in [4.69, 9.17) is 15.6 Å². The van der Waals surface area contributed by atoms with Gasteiger partial charge >= 0.3 is 5.97 Å². The van der Waals surface area contributed by atoms with E-state index in [2.05, 4.69) is 18.2 Å². The lowest BCUT2D eigenvalue weighted by Crippen LogP contribution is -2.04. The molecular weight excluding hydrogens is 366 g/mol. The molecule has 0 spiro atoms. The molecule has 0 aromatic heterocycles. The highest BCUT2D eigenvalue weighted by atomic mass is 16.5. The smallest absolute Gasteiger partial charge is 0.307 e. The number of hydrogen-bond acceptors (Lipinski definition) is 4. The number of carboxylic acids is 1. The Morgan fingerprint density at radius 1 is 0.897 bits per heavy atom. The monoisotopic (exact) mass is 391 g/mol. The molecule has 0 amide bonds. The van der Waals surface area contributed by atoms with E-state index in [1.54, 1.807) is 18.2 Å². The summed E-state index contributed by atoms with van der Waals surface area (Å²) in [5.41, 5.74) is 11.5. The van der Waals surface area contributed by atoms with Gasteiger partial charge in [-0.1, -0.05) is 48.5 Å². The highest BCUT2D eigenvalue weighted by Gasteiger charge is 2.09. The first-order valence-electron chi connectivity index (χ1n) is 9.54. The number of carbonyl (C=O) groups is 1. The lowest BCUT2D eigenvalue weighted by atomic mass is 9.97. The molecule has 150 valence electrons. The zero-order valence-corrected chi connectivity index (χ0v) is 16.2. The molecule has 0 aliphatic heterocycles. The van der Waals surface area contributed by atoms with Crippen molar-refractivity contribution in [1.29, 1.82) is 0 Å². The molecular formula is C24H25NO4. The maximum atomic E-state index is 11.1. The Morgan fingerprint density at radius 3 is 2.41 bits per heavy atom. The lowest BCUT2D eigenvalue weighted by molar-refractivity contribution is -0.136. The van der Waals surface area contributed by atoms with Gasteiger partial charge in [-0.05, 0) is 52.4 Å².